The van der Waals surface area contributed by atoms with Crippen LogP contribution in [0.4, 0.5) is 0 Å². The van der Waals surface area contributed by atoms with Crippen molar-refractivity contribution in [1.82, 2.24) is 4.90 Å². The minimum absolute atomic E-state index is 0.222. The molecule has 24 heavy (non-hydrogen) atoms. The summed E-state index contributed by atoms with van der Waals surface area (Å²) in [4.78, 5) is 14.6. The van der Waals surface area contributed by atoms with Crippen LogP contribution in [0.1, 0.15) is 31.7 Å². The Morgan fingerprint density at radius 1 is 1.21 bits per heavy atom. The van der Waals surface area contributed by atoms with Crippen molar-refractivity contribution in [2.24, 2.45) is 0 Å². The third-order valence-electron chi connectivity index (χ3n) is 5.35. The van der Waals surface area contributed by atoms with Gasteiger partial charge in [0.2, 0.25) is 0 Å². The van der Waals surface area contributed by atoms with E-state index >= 15 is 0 Å². The van der Waals surface area contributed by atoms with Crippen LogP contribution in [-0.2, 0) is 9.53 Å². The fourth-order valence-electron chi connectivity index (χ4n) is 4.28. The summed E-state index contributed by atoms with van der Waals surface area (Å²) < 4.78 is 7.91. The van der Waals surface area contributed by atoms with E-state index in [0.29, 0.717) is 0 Å². The highest BCUT2D eigenvalue weighted by Gasteiger charge is 2.50. The highest BCUT2D eigenvalue weighted by Crippen LogP contribution is 2.46. The number of hydrogen-bond acceptors (Lipinski definition) is 3. The Morgan fingerprint density at radius 3 is 2.71 bits per heavy atom. The lowest BCUT2D eigenvalue weighted by molar-refractivity contribution is -0.150. The molecule has 5 heteroatoms. The minimum atomic E-state index is -0.561. The number of carbonyl (C=O) groups excluding carboxylic acids is 1. The Labute approximate surface area is 159 Å². The van der Waals surface area contributed by atoms with Gasteiger partial charge in [0, 0.05) is 27.1 Å². The van der Waals surface area contributed by atoms with E-state index in [1.54, 1.807) is 6.08 Å². The van der Waals surface area contributed by atoms with Crippen molar-refractivity contribution in [1.29, 1.82) is 0 Å². The normalized spacial score (nSPS) is 30.0. The van der Waals surface area contributed by atoms with Crippen molar-refractivity contribution in [3.63, 3.8) is 0 Å². The first-order chi connectivity index (χ1) is 11.5. The van der Waals surface area contributed by atoms with Gasteiger partial charge in [-0.2, -0.15) is 0 Å². The summed E-state index contributed by atoms with van der Waals surface area (Å²) in [5, 5.41) is 0. The van der Waals surface area contributed by atoms with Crippen molar-refractivity contribution in [3.8, 4) is 0 Å². The molecule has 2 unspecified atom stereocenters. The van der Waals surface area contributed by atoms with Crippen LogP contribution >= 0.6 is 31.9 Å². The zero-order valence-corrected chi connectivity index (χ0v) is 16.7. The first-order valence-electron chi connectivity index (χ1n) is 8.33. The smallest absolute Gasteiger partial charge is 0.332 e. The Hall–Kier alpha value is -0.910. The molecule has 0 aliphatic carbocycles. The predicted molar refractivity (Wildman–Crippen MR) is 102 cm³/mol. The summed E-state index contributed by atoms with van der Waals surface area (Å²) in [7, 11) is 0. The molecule has 0 radical (unpaired) electrons. The van der Waals surface area contributed by atoms with Crippen LogP contribution in [0.25, 0.3) is 5.57 Å². The van der Waals surface area contributed by atoms with Crippen molar-refractivity contribution >= 4 is 43.4 Å². The molecule has 0 aromatic heterocycles. The highest BCUT2D eigenvalue weighted by atomic mass is 79.9. The van der Waals surface area contributed by atoms with Crippen LogP contribution in [0.5, 0.6) is 0 Å². The van der Waals surface area contributed by atoms with E-state index in [1.165, 1.54) is 12.8 Å². The number of esters is 1. The molecule has 1 fully saturated rings. The molecule has 3 aliphatic rings. The highest BCUT2D eigenvalue weighted by molar-refractivity contribution is 9.11. The molecule has 1 saturated heterocycles. The lowest BCUT2D eigenvalue weighted by Crippen LogP contribution is -2.53. The van der Waals surface area contributed by atoms with E-state index < -0.39 is 5.60 Å². The summed E-state index contributed by atoms with van der Waals surface area (Å²) in [6.45, 7) is 4.05. The molecule has 2 atom stereocenters. The average molecular weight is 453 g/mol. The number of rotatable bonds is 1. The number of nitrogens with zero attached hydrogens (tertiary/aromatic N) is 1. The summed E-state index contributed by atoms with van der Waals surface area (Å²) in [6, 6.07) is 6.48. The topological polar surface area (TPSA) is 29.5 Å². The number of fused-ring (bicyclic) bond motifs is 3. The summed E-state index contributed by atoms with van der Waals surface area (Å²) in [6.07, 6.45) is 7.43. The Morgan fingerprint density at radius 2 is 1.96 bits per heavy atom. The third kappa shape index (κ3) is 2.71. The zero-order chi connectivity index (χ0) is 16.9. The first-order valence-corrected chi connectivity index (χ1v) is 9.92. The molecule has 126 valence electrons. The second kappa shape index (κ2) is 6.11. The van der Waals surface area contributed by atoms with Gasteiger partial charge in [0.05, 0.1) is 6.04 Å². The molecule has 3 aliphatic heterocycles. The quantitative estimate of drug-likeness (QED) is 0.578. The number of hydrogen-bond donors (Lipinski definition) is 0. The van der Waals surface area contributed by atoms with E-state index in [4.69, 9.17) is 4.74 Å². The number of piperidine rings is 1. The summed E-state index contributed by atoms with van der Waals surface area (Å²) in [5.74, 6) is -0.222. The lowest BCUT2D eigenvalue weighted by Gasteiger charge is -2.43. The minimum Gasteiger partial charge on any atom is -0.450 e. The van der Waals surface area contributed by atoms with E-state index in [9.17, 15) is 4.79 Å². The Balaban J connectivity index is 1.86. The molecule has 1 aromatic rings. The van der Waals surface area contributed by atoms with Gasteiger partial charge >= 0.3 is 5.97 Å². The maximum atomic E-state index is 12.1. The van der Waals surface area contributed by atoms with Crippen molar-refractivity contribution in [3.05, 3.63) is 50.4 Å². The second-order valence-corrected chi connectivity index (χ2v) is 8.70. The number of ether oxygens (including phenoxy) is 1. The van der Waals surface area contributed by atoms with Crippen LogP contribution in [-0.4, -0.2) is 35.6 Å². The SMILES string of the molecule is CC12OC(=O)C=C1C(c1cc(Br)cc(Br)c1)=CCN1CCCCC12. The average Bonchev–Trinajstić information content (AvgIpc) is 2.77. The number of halogens is 2. The fourth-order valence-corrected chi connectivity index (χ4v) is 5.58. The molecule has 0 N–H and O–H groups in total. The van der Waals surface area contributed by atoms with Crippen molar-refractivity contribution in [2.45, 2.75) is 37.8 Å². The molecule has 4 rings (SSSR count). The molecule has 0 saturated carbocycles. The van der Waals surface area contributed by atoms with E-state index in [0.717, 1.165) is 45.2 Å². The van der Waals surface area contributed by atoms with Gasteiger partial charge in [0.25, 0.3) is 0 Å². The van der Waals surface area contributed by atoms with Gasteiger partial charge in [0.15, 0.2) is 5.60 Å². The standard InChI is InChI=1S/C19H19Br2NO2/c1-19-16(11-18(23)24-19)15(12-8-13(20)10-14(21)9-12)5-7-22-6-3-2-4-17(19)22/h5,8-11,17H,2-4,6-7H2,1H3. The largest absolute Gasteiger partial charge is 0.450 e. The van der Waals surface area contributed by atoms with Gasteiger partial charge in [-0.3, -0.25) is 4.90 Å². The van der Waals surface area contributed by atoms with Gasteiger partial charge < -0.3 is 4.74 Å². The van der Waals surface area contributed by atoms with E-state index in [1.807, 2.05) is 6.07 Å². The molecule has 3 nitrogen and oxygen atoms in total. The maximum Gasteiger partial charge on any atom is 0.332 e. The molecule has 0 spiro atoms. The van der Waals surface area contributed by atoms with Crippen LogP contribution in [0.3, 0.4) is 0 Å². The van der Waals surface area contributed by atoms with E-state index in [2.05, 4.69) is 61.9 Å². The predicted octanol–water partition coefficient (Wildman–Crippen LogP) is 4.71. The van der Waals surface area contributed by atoms with Gasteiger partial charge in [-0.05, 0) is 55.6 Å². The van der Waals surface area contributed by atoms with Crippen LogP contribution in [0.15, 0.2) is 44.9 Å². The number of carbonyl (C=O) groups is 1. The molecular formula is C19H19Br2NO2. The monoisotopic (exact) mass is 451 g/mol. The lowest BCUT2D eigenvalue weighted by atomic mass is 9.79. The van der Waals surface area contributed by atoms with Crippen LogP contribution in [0, 0.1) is 0 Å². The summed E-state index contributed by atoms with van der Waals surface area (Å²) in [5.41, 5.74) is 2.67. The first kappa shape index (κ1) is 16.6. The summed E-state index contributed by atoms with van der Waals surface area (Å²) >= 11 is 7.15. The maximum absolute atomic E-state index is 12.1. The van der Waals surface area contributed by atoms with Gasteiger partial charge in [0.1, 0.15) is 0 Å². The molecule has 1 aromatic carbocycles. The fraction of sp³-hybridized carbons (Fsp3) is 0.421. The molecular weight excluding hydrogens is 434 g/mol. The van der Waals surface area contributed by atoms with Crippen LogP contribution < -0.4 is 0 Å². The third-order valence-corrected chi connectivity index (χ3v) is 6.27. The molecule has 0 bridgehead atoms. The van der Waals surface area contributed by atoms with Gasteiger partial charge in [-0.25, -0.2) is 4.79 Å². The van der Waals surface area contributed by atoms with Crippen LogP contribution in [0.2, 0.25) is 0 Å². The van der Waals surface area contributed by atoms with Crippen molar-refractivity contribution in [2.75, 3.05) is 13.1 Å². The van der Waals surface area contributed by atoms with Gasteiger partial charge in [-0.15, -0.1) is 0 Å². The second-order valence-electron chi connectivity index (χ2n) is 6.87. The Kier molecular flexibility index (Phi) is 4.22. The zero-order valence-electron chi connectivity index (χ0n) is 13.5. The Bertz CT molecular complexity index is 750. The molecule has 0 amide bonds. The number of benzene rings is 1. The van der Waals surface area contributed by atoms with E-state index in [-0.39, 0.29) is 12.0 Å². The van der Waals surface area contributed by atoms with Crippen molar-refractivity contribution < 1.29 is 9.53 Å². The van der Waals surface area contributed by atoms with Gasteiger partial charge in [-0.1, -0.05) is 44.4 Å². The molecule has 3 heterocycles.